The lowest BCUT2D eigenvalue weighted by Crippen LogP contribution is -2.19. The summed E-state index contributed by atoms with van der Waals surface area (Å²) in [5.41, 5.74) is 5.27. The van der Waals surface area contributed by atoms with Gasteiger partial charge in [0, 0.05) is 30.3 Å². The largest absolute Gasteiger partial charge is 0.504 e. The highest BCUT2D eigenvalue weighted by molar-refractivity contribution is 6.02. The smallest absolute Gasteiger partial charge is 0.271 e. The second-order valence-corrected chi connectivity index (χ2v) is 8.44. The molecular weight excluding hydrogens is 410 g/mol. The monoisotopic (exact) mass is 435 g/mol. The van der Waals surface area contributed by atoms with Gasteiger partial charge in [0.2, 0.25) is 0 Å². The first-order chi connectivity index (χ1) is 15.0. The van der Waals surface area contributed by atoms with Crippen LogP contribution in [-0.4, -0.2) is 31.4 Å². The van der Waals surface area contributed by atoms with E-state index in [0.29, 0.717) is 5.69 Å². The Labute approximate surface area is 185 Å². The Bertz CT molecular complexity index is 1200. The SMILES string of the molecule is CC(=NNC(=O)c1cccc([N+](=O)[O-])c1)c1nn(C)c(-c2ccc(C(C)(C)C)cc2)c1O. The van der Waals surface area contributed by atoms with Crippen LogP contribution in [0.3, 0.4) is 0 Å². The summed E-state index contributed by atoms with van der Waals surface area (Å²) < 4.78 is 1.55. The van der Waals surface area contributed by atoms with E-state index in [0.717, 1.165) is 11.6 Å². The van der Waals surface area contributed by atoms with Gasteiger partial charge in [0.1, 0.15) is 5.69 Å². The molecule has 0 aliphatic heterocycles. The molecule has 0 radical (unpaired) electrons. The Morgan fingerprint density at radius 2 is 1.84 bits per heavy atom. The number of aromatic nitrogens is 2. The zero-order chi connectivity index (χ0) is 23.6. The maximum absolute atomic E-state index is 12.3. The van der Waals surface area contributed by atoms with Crippen molar-refractivity contribution in [1.29, 1.82) is 0 Å². The van der Waals surface area contributed by atoms with Gasteiger partial charge in [0.15, 0.2) is 11.4 Å². The predicted molar refractivity (Wildman–Crippen MR) is 122 cm³/mol. The predicted octanol–water partition coefficient (Wildman–Crippen LogP) is 4.15. The van der Waals surface area contributed by atoms with Crippen molar-refractivity contribution in [2.45, 2.75) is 33.1 Å². The molecule has 0 aliphatic carbocycles. The quantitative estimate of drug-likeness (QED) is 0.354. The number of carbonyl (C=O) groups is 1. The van der Waals surface area contributed by atoms with Crippen molar-refractivity contribution in [3.63, 3.8) is 0 Å². The summed E-state index contributed by atoms with van der Waals surface area (Å²) in [5, 5.41) is 30.0. The van der Waals surface area contributed by atoms with Crippen molar-refractivity contribution in [3.8, 4) is 17.0 Å². The van der Waals surface area contributed by atoms with Gasteiger partial charge < -0.3 is 5.11 Å². The lowest BCUT2D eigenvalue weighted by Gasteiger charge is -2.19. The first kappa shape index (κ1) is 22.7. The van der Waals surface area contributed by atoms with Gasteiger partial charge >= 0.3 is 0 Å². The molecule has 0 aliphatic rings. The van der Waals surface area contributed by atoms with E-state index in [2.05, 4.69) is 36.4 Å². The molecule has 0 fully saturated rings. The summed E-state index contributed by atoms with van der Waals surface area (Å²) in [7, 11) is 1.71. The number of aryl methyl sites for hydroxylation is 1. The molecule has 0 saturated heterocycles. The molecule has 0 spiro atoms. The fraction of sp³-hybridized carbons (Fsp3) is 0.261. The topological polar surface area (TPSA) is 123 Å². The molecule has 0 atom stereocenters. The highest BCUT2D eigenvalue weighted by atomic mass is 16.6. The molecule has 166 valence electrons. The van der Waals surface area contributed by atoms with Crippen LogP contribution in [-0.2, 0) is 12.5 Å². The van der Waals surface area contributed by atoms with E-state index in [-0.39, 0.29) is 33.8 Å². The second-order valence-electron chi connectivity index (χ2n) is 8.44. The van der Waals surface area contributed by atoms with E-state index in [1.165, 1.54) is 23.8 Å². The number of nitrogens with one attached hydrogen (secondary N) is 1. The average Bonchev–Trinajstić information content (AvgIpc) is 3.05. The molecule has 2 N–H and O–H groups in total. The number of amides is 1. The third-order valence-electron chi connectivity index (χ3n) is 5.03. The number of aromatic hydroxyl groups is 1. The minimum absolute atomic E-state index is 0.0127. The van der Waals surface area contributed by atoms with E-state index in [9.17, 15) is 20.0 Å². The minimum atomic E-state index is -0.610. The summed E-state index contributed by atoms with van der Waals surface area (Å²) in [6, 6.07) is 13.2. The molecular formula is C23H25N5O4. The van der Waals surface area contributed by atoms with Crippen LogP contribution in [0.2, 0.25) is 0 Å². The minimum Gasteiger partial charge on any atom is -0.504 e. The Kier molecular flexibility index (Phi) is 6.11. The number of benzene rings is 2. The molecule has 3 rings (SSSR count). The highest BCUT2D eigenvalue weighted by Gasteiger charge is 2.21. The summed E-state index contributed by atoms with van der Waals surface area (Å²) in [6.45, 7) is 7.98. The van der Waals surface area contributed by atoms with E-state index in [4.69, 9.17) is 0 Å². The zero-order valence-electron chi connectivity index (χ0n) is 18.6. The Balaban J connectivity index is 1.84. The van der Waals surface area contributed by atoms with Crippen LogP contribution in [0.15, 0.2) is 53.6 Å². The molecule has 1 amide bonds. The van der Waals surface area contributed by atoms with Crippen molar-refractivity contribution in [2.24, 2.45) is 12.1 Å². The Morgan fingerprint density at radius 1 is 1.19 bits per heavy atom. The third-order valence-corrected chi connectivity index (χ3v) is 5.03. The first-order valence-corrected chi connectivity index (χ1v) is 9.95. The lowest BCUT2D eigenvalue weighted by molar-refractivity contribution is -0.384. The van der Waals surface area contributed by atoms with Crippen LogP contribution in [0.1, 0.15) is 49.3 Å². The molecule has 9 nitrogen and oxygen atoms in total. The molecule has 0 saturated carbocycles. The van der Waals surface area contributed by atoms with E-state index >= 15 is 0 Å². The fourth-order valence-corrected chi connectivity index (χ4v) is 3.22. The summed E-state index contributed by atoms with van der Waals surface area (Å²) in [6.07, 6.45) is 0. The van der Waals surface area contributed by atoms with Gasteiger partial charge in [-0.1, -0.05) is 51.1 Å². The standard InChI is InChI=1S/C23H25N5O4/c1-14(24-25-22(30)16-7-6-8-18(13-16)28(31)32)19-21(29)20(27(5)26-19)15-9-11-17(12-10-15)23(2,3)4/h6-13,29H,1-5H3,(H,25,30). The normalized spacial score (nSPS) is 12.0. The molecule has 32 heavy (non-hydrogen) atoms. The Hall–Kier alpha value is -4.01. The van der Waals surface area contributed by atoms with Gasteiger partial charge in [-0.05, 0) is 24.0 Å². The van der Waals surface area contributed by atoms with Crippen molar-refractivity contribution in [2.75, 3.05) is 0 Å². The number of hydrogen-bond acceptors (Lipinski definition) is 6. The number of hydrogen-bond donors (Lipinski definition) is 2. The maximum Gasteiger partial charge on any atom is 0.271 e. The van der Waals surface area contributed by atoms with E-state index in [1.54, 1.807) is 18.7 Å². The van der Waals surface area contributed by atoms with Gasteiger partial charge in [-0.3, -0.25) is 19.6 Å². The van der Waals surface area contributed by atoms with Crippen LogP contribution in [0.5, 0.6) is 5.75 Å². The maximum atomic E-state index is 12.3. The summed E-state index contributed by atoms with van der Waals surface area (Å²) in [4.78, 5) is 22.6. The molecule has 0 bridgehead atoms. The number of nitro groups is 1. The number of carbonyl (C=O) groups excluding carboxylic acids is 1. The van der Waals surface area contributed by atoms with Crippen molar-refractivity contribution in [1.82, 2.24) is 15.2 Å². The van der Waals surface area contributed by atoms with Crippen molar-refractivity contribution in [3.05, 3.63) is 75.5 Å². The van der Waals surface area contributed by atoms with Crippen LogP contribution in [0, 0.1) is 10.1 Å². The molecule has 1 aromatic heterocycles. The number of nitro benzene ring substituents is 1. The van der Waals surface area contributed by atoms with Crippen molar-refractivity contribution >= 4 is 17.3 Å². The van der Waals surface area contributed by atoms with Crippen LogP contribution in [0.4, 0.5) is 5.69 Å². The first-order valence-electron chi connectivity index (χ1n) is 9.95. The number of rotatable bonds is 5. The van der Waals surface area contributed by atoms with Gasteiger partial charge in [-0.2, -0.15) is 10.2 Å². The van der Waals surface area contributed by atoms with Crippen LogP contribution >= 0.6 is 0 Å². The van der Waals surface area contributed by atoms with Gasteiger partial charge in [-0.15, -0.1) is 0 Å². The molecule has 1 heterocycles. The molecule has 3 aromatic rings. The zero-order valence-corrected chi connectivity index (χ0v) is 18.6. The van der Waals surface area contributed by atoms with E-state index in [1.807, 2.05) is 24.3 Å². The fourth-order valence-electron chi connectivity index (χ4n) is 3.22. The Morgan fingerprint density at radius 3 is 2.44 bits per heavy atom. The highest BCUT2D eigenvalue weighted by Crippen LogP contribution is 2.33. The van der Waals surface area contributed by atoms with Gasteiger partial charge in [0.05, 0.1) is 10.6 Å². The number of nitrogens with zero attached hydrogens (tertiary/aromatic N) is 4. The average molecular weight is 435 g/mol. The van der Waals surface area contributed by atoms with Gasteiger partial charge in [0.25, 0.3) is 11.6 Å². The van der Waals surface area contributed by atoms with Crippen LogP contribution in [0.25, 0.3) is 11.3 Å². The molecule has 2 aromatic carbocycles. The molecule has 0 unspecified atom stereocenters. The van der Waals surface area contributed by atoms with E-state index < -0.39 is 10.8 Å². The summed E-state index contributed by atoms with van der Waals surface area (Å²) >= 11 is 0. The van der Waals surface area contributed by atoms with Gasteiger partial charge in [-0.25, -0.2) is 5.43 Å². The number of non-ortho nitro benzene ring substituents is 1. The van der Waals surface area contributed by atoms with Crippen molar-refractivity contribution < 1.29 is 14.8 Å². The van der Waals surface area contributed by atoms with Crippen LogP contribution < -0.4 is 5.43 Å². The third kappa shape index (κ3) is 4.66. The summed E-state index contributed by atoms with van der Waals surface area (Å²) in [5.74, 6) is -0.664. The lowest BCUT2D eigenvalue weighted by atomic mass is 9.86. The second kappa shape index (κ2) is 8.62. The molecule has 9 heteroatoms. The number of hydrazone groups is 1.